The molecular formula is C30H41F2N5O. The summed E-state index contributed by atoms with van der Waals surface area (Å²) in [5, 5.41) is 0. The Labute approximate surface area is 224 Å². The summed E-state index contributed by atoms with van der Waals surface area (Å²) in [5.74, 6) is 0.0587. The summed E-state index contributed by atoms with van der Waals surface area (Å²) in [4.78, 5) is 26.4. The highest BCUT2D eigenvalue weighted by Gasteiger charge is 2.60. The number of aromatic amines is 1. The standard InChI is InChI=1S/C30H41F2N5O/c1-4-35(2)13-14-36(3)11-6-12-37(29-33-27-17-25(31)26(32)18-28(27)34-29)24-9-10-30(19-23(30)16-24)22-8-5-7-21(15-22)20-38/h5,7,15,17-18,20,22-24H,4,6,8-14,16,19H2,1-3H3,(H,33,34)/t22?,23?,24-,30-/m1/s1. The third-order valence-electron chi connectivity index (χ3n) is 9.31. The Bertz CT molecular complexity index is 1170. The maximum absolute atomic E-state index is 13.9. The van der Waals surface area contributed by atoms with Gasteiger partial charge in [0.15, 0.2) is 11.6 Å². The average molecular weight is 526 g/mol. The van der Waals surface area contributed by atoms with Gasteiger partial charge in [-0.15, -0.1) is 0 Å². The number of hydrogen-bond acceptors (Lipinski definition) is 5. The van der Waals surface area contributed by atoms with Crippen LogP contribution in [0, 0.1) is 28.9 Å². The summed E-state index contributed by atoms with van der Waals surface area (Å²) < 4.78 is 27.8. The quantitative estimate of drug-likeness (QED) is 0.387. The van der Waals surface area contributed by atoms with Crippen molar-refractivity contribution in [3.05, 3.63) is 47.6 Å². The fourth-order valence-corrected chi connectivity index (χ4v) is 6.73. The SMILES string of the molecule is CCN(C)CCN(C)CCCN(c1nc2cc(F)c(F)cc2[nH]1)[C@@H]1CC[C@]2(C3C=C(C=O)C=CC3)CC2C1. The summed E-state index contributed by atoms with van der Waals surface area (Å²) in [6, 6.07) is 2.72. The molecule has 0 spiro atoms. The molecule has 1 aromatic heterocycles. The Morgan fingerprint density at radius 2 is 1.92 bits per heavy atom. The number of aromatic nitrogens is 2. The molecule has 2 saturated carbocycles. The number of carbonyl (C=O) groups is 1. The van der Waals surface area contributed by atoms with E-state index in [1.54, 1.807) is 0 Å². The number of likely N-dealkylation sites (N-methyl/N-ethyl adjacent to an activating group) is 2. The van der Waals surface area contributed by atoms with Gasteiger partial charge in [-0.1, -0.05) is 25.2 Å². The van der Waals surface area contributed by atoms with Crippen molar-refractivity contribution in [2.24, 2.45) is 17.3 Å². The molecule has 3 aliphatic carbocycles. The van der Waals surface area contributed by atoms with Gasteiger partial charge in [0.1, 0.15) is 6.29 Å². The first kappa shape index (κ1) is 27.0. The average Bonchev–Trinajstić information content (AvgIpc) is 3.54. The molecule has 1 N–H and O–H groups in total. The second-order valence-corrected chi connectivity index (χ2v) is 11.7. The van der Waals surface area contributed by atoms with E-state index in [9.17, 15) is 13.6 Å². The van der Waals surface area contributed by atoms with E-state index in [2.05, 4.69) is 52.9 Å². The summed E-state index contributed by atoms with van der Waals surface area (Å²) in [7, 11) is 4.31. The number of nitrogens with one attached hydrogen (secondary N) is 1. The van der Waals surface area contributed by atoms with E-state index in [1.165, 1.54) is 18.6 Å². The summed E-state index contributed by atoms with van der Waals surface area (Å²) in [5.41, 5.74) is 2.11. The molecule has 206 valence electrons. The molecule has 4 atom stereocenters. The molecule has 2 aromatic rings. The lowest BCUT2D eigenvalue weighted by Gasteiger charge is -2.39. The lowest BCUT2D eigenvalue weighted by Crippen LogP contribution is -2.42. The minimum Gasteiger partial charge on any atom is -0.339 e. The molecule has 2 fully saturated rings. The summed E-state index contributed by atoms with van der Waals surface area (Å²) in [6.07, 6.45) is 13.7. The van der Waals surface area contributed by atoms with Crippen molar-refractivity contribution in [1.82, 2.24) is 19.8 Å². The van der Waals surface area contributed by atoms with Crippen molar-refractivity contribution < 1.29 is 13.6 Å². The van der Waals surface area contributed by atoms with Crippen molar-refractivity contribution in [3.8, 4) is 0 Å². The number of H-pyrrole nitrogens is 1. The molecule has 2 unspecified atom stereocenters. The first-order chi connectivity index (χ1) is 18.3. The molecule has 0 amide bonds. The van der Waals surface area contributed by atoms with Crippen molar-refractivity contribution in [2.45, 2.75) is 51.5 Å². The van der Waals surface area contributed by atoms with Crippen LogP contribution in [0.5, 0.6) is 0 Å². The highest BCUT2D eigenvalue weighted by Crippen LogP contribution is 2.67. The first-order valence-electron chi connectivity index (χ1n) is 14.1. The predicted molar refractivity (Wildman–Crippen MR) is 148 cm³/mol. The van der Waals surface area contributed by atoms with Crippen LogP contribution in [0.4, 0.5) is 14.7 Å². The Hall–Kier alpha value is -2.58. The zero-order valence-corrected chi connectivity index (χ0v) is 22.9. The number of nitrogens with zero attached hydrogens (tertiary/aromatic N) is 4. The Morgan fingerprint density at radius 3 is 2.68 bits per heavy atom. The molecule has 0 saturated heterocycles. The third-order valence-corrected chi connectivity index (χ3v) is 9.31. The number of fused-ring (bicyclic) bond motifs is 2. The largest absolute Gasteiger partial charge is 0.339 e. The van der Waals surface area contributed by atoms with Crippen LogP contribution in [0.25, 0.3) is 11.0 Å². The first-order valence-corrected chi connectivity index (χ1v) is 14.1. The maximum atomic E-state index is 13.9. The van der Waals surface area contributed by atoms with Gasteiger partial charge >= 0.3 is 0 Å². The predicted octanol–water partition coefficient (Wildman–Crippen LogP) is 5.18. The zero-order valence-electron chi connectivity index (χ0n) is 22.9. The van der Waals surface area contributed by atoms with E-state index >= 15 is 0 Å². The number of imidazole rings is 1. The van der Waals surface area contributed by atoms with Crippen LogP contribution in [0.2, 0.25) is 0 Å². The van der Waals surface area contributed by atoms with E-state index in [0.29, 0.717) is 40.3 Å². The lowest BCUT2D eigenvalue weighted by atomic mass is 9.73. The van der Waals surface area contributed by atoms with Crippen LogP contribution < -0.4 is 4.90 Å². The number of anilines is 1. The van der Waals surface area contributed by atoms with Gasteiger partial charge in [-0.05, 0) is 83.0 Å². The molecule has 3 aliphatic rings. The molecule has 0 bridgehead atoms. The van der Waals surface area contributed by atoms with Gasteiger partial charge in [0.2, 0.25) is 5.95 Å². The third kappa shape index (κ3) is 5.57. The minimum absolute atomic E-state index is 0.312. The Balaban J connectivity index is 1.29. The minimum atomic E-state index is -0.870. The van der Waals surface area contributed by atoms with Gasteiger partial charge in [0, 0.05) is 43.4 Å². The fourth-order valence-electron chi connectivity index (χ4n) is 6.73. The molecule has 0 radical (unpaired) electrons. The van der Waals surface area contributed by atoms with E-state index in [1.807, 2.05) is 6.08 Å². The van der Waals surface area contributed by atoms with Gasteiger partial charge in [-0.3, -0.25) is 4.79 Å². The number of carbonyl (C=O) groups excluding carboxylic acids is 1. The van der Waals surface area contributed by atoms with Crippen LogP contribution in [0.15, 0.2) is 35.9 Å². The van der Waals surface area contributed by atoms with E-state index in [4.69, 9.17) is 4.98 Å². The van der Waals surface area contributed by atoms with Crippen molar-refractivity contribution in [3.63, 3.8) is 0 Å². The smallest absolute Gasteiger partial charge is 0.204 e. The number of halogens is 2. The van der Waals surface area contributed by atoms with Gasteiger partial charge in [0.05, 0.1) is 11.0 Å². The van der Waals surface area contributed by atoms with E-state index < -0.39 is 11.6 Å². The number of rotatable bonds is 12. The molecule has 0 aliphatic heterocycles. The van der Waals surface area contributed by atoms with Crippen LogP contribution in [0.1, 0.15) is 45.4 Å². The van der Waals surface area contributed by atoms with E-state index in [0.717, 1.165) is 76.7 Å². The Morgan fingerprint density at radius 1 is 1.13 bits per heavy atom. The van der Waals surface area contributed by atoms with Gasteiger partial charge in [-0.25, -0.2) is 13.8 Å². The number of allylic oxidation sites excluding steroid dienone is 4. The van der Waals surface area contributed by atoms with Crippen molar-refractivity contribution in [1.29, 1.82) is 0 Å². The van der Waals surface area contributed by atoms with Gasteiger partial charge in [-0.2, -0.15) is 0 Å². The van der Waals surface area contributed by atoms with E-state index in [-0.39, 0.29) is 0 Å². The normalized spacial score (nSPS) is 26.6. The highest BCUT2D eigenvalue weighted by atomic mass is 19.2. The Kier molecular flexibility index (Phi) is 8.00. The second kappa shape index (κ2) is 11.3. The molecule has 1 heterocycles. The second-order valence-electron chi connectivity index (χ2n) is 11.7. The van der Waals surface area contributed by atoms with Crippen molar-refractivity contribution >= 4 is 23.3 Å². The van der Waals surface area contributed by atoms with Gasteiger partial charge in [0.25, 0.3) is 0 Å². The van der Waals surface area contributed by atoms with Crippen LogP contribution in [-0.4, -0.2) is 78.9 Å². The lowest BCUT2D eigenvalue weighted by molar-refractivity contribution is -0.104. The van der Waals surface area contributed by atoms with Crippen LogP contribution in [-0.2, 0) is 4.79 Å². The molecule has 38 heavy (non-hydrogen) atoms. The topological polar surface area (TPSA) is 55.5 Å². The zero-order chi connectivity index (χ0) is 26.9. The molecule has 1 aromatic carbocycles. The van der Waals surface area contributed by atoms with Crippen LogP contribution in [0.3, 0.4) is 0 Å². The number of benzene rings is 1. The molecule has 5 rings (SSSR count). The number of hydrogen-bond donors (Lipinski definition) is 1. The van der Waals surface area contributed by atoms with Crippen molar-refractivity contribution in [2.75, 3.05) is 51.7 Å². The molecular weight excluding hydrogens is 484 g/mol. The number of aldehydes is 1. The molecule has 8 heteroatoms. The van der Waals surface area contributed by atoms with Gasteiger partial charge < -0.3 is 19.7 Å². The highest BCUT2D eigenvalue weighted by molar-refractivity contribution is 5.78. The molecule has 6 nitrogen and oxygen atoms in total. The summed E-state index contributed by atoms with van der Waals surface area (Å²) in [6.45, 7) is 7.09. The monoisotopic (exact) mass is 525 g/mol. The maximum Gasteiger partial charge on any atom is 0.204 e. The fraction of sp³-hybridized carbons (Fsp3) is 0.600. The van der Waals surface area contributed by atoms with Crippen LogP contribution >= 0.6 is 0 Å². The summed E-state index contributed by atoms with van der Waals surface area (Å²) >= 11 is 0.